The van der Waals surface area contributed by atoms with E-state index in [0.717, 1.165) is 5.56 Å². The van der Waals surface area contributed by atoms with Crippen LogP contribution < -0.4 is 5.32 Å². The van der Waals surface area contributed by atoms with E-state index in [1.54, 1.807) is 32.0 Å². The second kappa shape index (κ2) is 10.3. The molecule has 164 valence electrons. The van der Waals surface area contributed by atoms with E-state index in [1.165, 1.54) is 11.8 Å². The lowest BCUT2D eigenvalue weighted by Gasteiger charge is -2.24. The zero-order valence-corrected chi connectivity index (χ0v) is 20.5. The molecule has 0 aliphatic carbocycles. The molecule has 1 atom stereocenters. The third-order valence-electron chi connectivity index (χ3n) is 4.70. The number of hydrogen-bond acceptors (Lipinski definition) is 4. The number of hydrogen-bond donors (Lipinski definition) is 1. The molecule has 3 rings (SSSR count). The molecule has 1 heterocycles. The van der Waals surface area contributed by atoms with E-state index in [4.69, 9.17) is 34.8 Å². The number of nitrogens with one attached hydrogen (secondary N) is 1. The van der Waals surface area contributed by atoms with Crippen molar-refractivity contribution in [1.29, 1.82) is 0 Å². The van der Waals surface area contributed by atoms with E-state index in [9.17, 15) is 4.79 Å². The van der Waals surface area contributed by atoms with Gasteiger partial charge in [0, 0.05) is 16.7 Å². The van der Waals surface area contributed by atoms with Crippen molar-refractivity contribution in [3.05, 3.63) is 70.0 Å². The van der Waals surface area contributed by atoms with Crippen LogP contribution in [0.5, 0.6) is 0 Å². The average Bonchev–Trinajstić information content (AvgIpc) is 3.18. The maximum absolute atomic E-state index is 12.7. The molecule has 3 aromatic rings. The lowest BCUT2D eigenvalue weighted by atomic mass is 9.95. The molecule has 1 N–H and O–H groups in total. The van der Waals surface area contributed by atoms with Gasteiger partial charge in [0.25, 0.3) is 0 Å². The molecule has 0 bridgehead atoms. The standard InChI is InChI=1S/C22H23Cl3N4OS/c1-14(26-20(30)22(2,3)13-23)19-27-28-21(31-12-15-7-5-4-6-8-15)29(19)18-11-16(24)9-10-17(18)25/h4-11,14H,12-13H2,1-3H3,(H,26,30). The van der Waals surface area contributed by atoms with Crippen LogP contribution in [0.25, 0.3) is 5.69 Å². The molecular weight excluding hydrogens is 475 g/mol. The number of aromatic nitrogens is 3. The van der Waals surface area contributed by atoms with Crippen LogP contribution in [0, 0.1) is 5.41 Å². The highest BCUT2D eigenvalue weighted by Gasteiger charge is 2.30. The SMILES string of the molecule is CC(NC(=O)C(C)(C)CCl)c1nnc(SCc2ccccc2)n1-c1cc(Cl)ccc1Cl. The summed E-state index contributed by atoms with van der Waals surface area (Å²) < 4.78 is 1.85. The minimum absolute atomic E-state index is 0.166. The van der Waals surface area contributed by atoms with Crippen LogP contribution in [0.1, 0.15) is 38.2 Å². The molecule has 0 aliphatic heterocycles. The Hall–Kier alpha value is -1.73. The third-order valence-corrected chi connectivity index (χ3v) is 6.92. The summed E-state index contributed by atoms with van der Waals surface area (Å²) in [6.45, 7) is 5.44. The van der Waals surface area contributed by atoms with E-state index in [2.05, 4.69) is 27.6 Å². The number of alkyl halides is 1. The molecule has 0 spiro atoms. The lowest BCUT2D eigenvalue weighted by molar-refractivity contribution is -0.129. The number of benzene rings is 2. The van der Waals surface area contributed by atoms with E-state index in [1.807, 2.05) is 29.7 Å². The molecule has 5 nitrogen and oxygen atoms in total. The molecule has 1 unspecified atom stereocenters. The van der Waals surface area contributed by atoms with Gasteiger partial charge in [-0.3, -0.25) is 9.36 Å². The Labute approximate surface area is 201 Å². The molecule has 1 amide bonds. The van der Waals surface area contributed by atoms with Crippen LogP contribution in [0.4, 0.5) is 0 Å². The summed E-state index contributed by atoms with van der Waals surface area (Å²) in [5.41, 5.74) is 1.10. The number of nitrogens with zero attached hydrogens (tertiary/aromatic N) is 3. The predicted octanol–water partition coefficient (Wildman–Crippen LogP) is 6.31. The minimum Gasteiger partial charge on any atom is -0.346 e. The van der Waals surface area contributed by atoms with Gasteiger partial charge in [-0.2, -0.15) is 0 Å². The molecule has 2 aromatic carbocycles. The molecule has 0 fully saturated rings. The molecule has 0 saturated heterocycles. The maximum atomic E-state index is 12.7. The Kier molecular flexibility index (Phi) is 7.92. The van der Waals surface area contributed by atoms with E-state index < -0.39 is 11.5 Å². The molecular formula is C22H23Cl3N4OS. The zero-order valence-electron chi connectivity index (χ0n) is 17.4. The summed E-state index contributed by atoms with van der Waals surface area (Å²) in [5, 5.41) is 13.5. The van der Waals surface area contributed by atoms with Gasteiger partial charge in [0.05, 0.1) is 22.2 Å². The minimum atomic E-state index is -0.709. The number of carbonyl (C=O) groups excluding carboxylic acids is 1. The van der Waals surface area contributed by atoms with Crippen LogP contribution in [0.15, 0.2) is 53.7 Å². The summed E-state index contributed by atoms with van der Waals surface area (Å²) in [4.78, 5) is 12.7. The van der Waals surface area contributed by atoms with Gasteiger partial charge in [-0.1, -0.05) is 65.3 Å². The second-order valence-electron chi connectivity index (χ2n) is 7.76. The quantitative estimate of drug-likeness (QED) is 0.293. The molecule has 0 saturated carbocycles. The van der Waals surface area contributed by atoms with E-state index in [0.29, 0.717) is 32.5 Å². The fourth-order valence-corrected chi connectivity index (χ4v) is 4.18. The highest BCUT2D eigenvalue weighted by molar-refractivity contribution is 7.98. The first-order chi connectivity index (χ1) is 14.7. The molecule has 0 aliphatic rings. The summed E-state index contributed by atoms with van der Waals surface area (Å²) in [7, 11) is 0. The van der Waals surface area contributed by atoms with Gasteiger partial charge in [0.2, 0.25) is 5.91 Å². The summed E-state index contributed by atoms with van der Waals surface area (Å²) >= 11 is 20.2. The van der Waals surface area contributed by atoms with Crippen molar-refractivity contribution >= 4 is 52.5 Å². The molecule has 0 radical (unpaired) electrons. The second-order valence-corrected chi connectivity index (χ2v) is 9.81. The molecule has 31 heavy (non-hydrogen) atoms. The van der Waals surface area contributed by atoms with Gasteiger partial charge >= 0.3 is 0 Å². The van der Waals surface area contributed by atoms with Crippen LogP contribution >= 0.6 is 46.6 Å². The molecule has 9 heteroatoms. The fourth-order valence-electron chi connectivity index (χ4n) is 2.78. The van der Waals surface area contributed by atoms with Gasteiger partial charge < -0.3 is 5.32 Å². The summed E-state index contributed by atoms with van der Waals surface area (Å²) in [6.07, 6.45) is 0. The van der Waals surface area contributed by atoms with Gasteiger partial charge in [0.15, 0.2) is 11.0 Å². The van der Waals surface area contributed by atoms with Gasteiger partial charge in [-0.15, -0.1) is 21.8 Å². The Morgan fingerprint density at radius 2 is 1.87 bits per heavy atom. The Balaban J connectivity index is 1.98. The van der Waals surface area contributed by atoms with Crippen LogP contribution in [-0.2, 0) is 10.5 Å². The highest BCUT2D eigenvalue weighted by Crippen LogP contribution is 2.32. The smallest absolute Gasteiger partial charge is 0.227 e. The first-order valence-electron chi connectivity index (χ1n) is 9.67. The van der Waals surface area contributed by atoms with Crippen LogP contribution in [0.3, 0.4) is 0 Å². The van der Waals surface area contributed by atoms with Crippen molar-refractivity contribution in [2.24, 2.45) is 5.41 Å². The van der Waals surface area contributed by atoms with Crippen LogP contribution in [-0.4, -0.2) is 26.6 Å². The van der Waals surface area contributed by atoms with Crippen LogP contribution in [0.2, 0.25) is 10.0 Å². The number of thioether (sulfide) groups is 1. The normalized spacial score (nSPS) is 12.6. The lowest BCUT2D eigenvalue weighted by Crippen LogP contribution is -2.40. The van der Waals surface area contributed by atoms with Gasteiger partial charge in [0.1, 0.15) is 0 Å². The summed E-state index contributed by atoms with van der Waals surface area (Å²) in [5.74, 6) is 1.30. The number of amides is 1. The van der Waals surface area contributed by atoms with Crippen molar-refractivity contribution in [1.82, 2.24) is 20.1 Å². The first-order valence-corrected chi connectivity index (χ1v) is 11.9. The van der Waals surface area contributed by atoms with Crippen molar-refractivity contribution in [2.45, 2.75) is 37.7 Å². The number of rotatable bonds is 8. The monoisotopic (exact) mass is 496 g/mol. The number of carbonyl (C=O) groups is 1. The van der Waals surface area contributed by atoms with Gasteiger partial charge in [-0.05, 0) is 44.5 Å². The van der Waals surface area contributed by atoms with Crippen molar-refractivity contribution < 1.29 is 4.79 Å². The average molecular weight is 498 g/mol. The summed E-state index contributed by atoms with van der Waals surface area (Å²) in [6, 6.07) is 14.9. The van der Waals surface area contributed by atoms with Crippen molar-refractivity contribution in [3.63, 3.8) is 0 Å². The topological polar surface area (TPSA) is 59.8 Å². The maximum Gasteiger partial charge on any atom is 0.227 e. The highest BCUT2D eigenvalue weighted by atomic mass is 35.5. The number of halogens is 3. The van der Waals surface area contributed by atoms with Gasteiger partial charge in [-0.25, -0.2) is 0 Å². The van der Waals surface area contributed by atoms with E-state index in [-0.39, 0.29) is 11.8 Å². The van der Waals surface area contributed by atoms with E-state index >= 15 is 0 Å². The Bertz CT molecular complexity index is 1060. The Morgan fingerprint density at radius 3 is 2.55 bits per heavy atom. The van der Waals surface area contributed by atoms with Crippen molar-refractivity contribution in [3.8, 4) is 5.69 Å². The van der Waals surface area contributed by atoms with Crippen molar-refractivity contribution in [2.75, 3.05) is 5.88 Å². The largest absolute Gasteiger partial charge is 0.346 e. The third kappa shape index (κ3) is 5.75. The zero-order chi connectivity index (χ0) is 22.6. The molecule has 1 aromatic heterocycles. The first kappa shape index (κ1) is 23.9. The Morgan fingerprint density at radius 1 is 1.16 bits per heavy atom. The predicted molar refractivity (Wildman–Crippen MR) is 128 cm³/mol. The fraction of sp³-hybridized carbons (Fsp3) is 0.318.